The molecule has 0 aliphatic rings. The van der Waals surface area contributed by atoms with Gasteiger partial charge < -0.3 is 10.2 Å². The Balaban J connectivity index is 2.46. The summed E-state index contributed by atoms with van der Waals surface area (Å²) in [6.07, 6.45) is 1.31. The quantitative estimate of drug-likeness (QED) is 0.542. The second kappa shape index (κ2) is 11.2. The van der Waals surface area contributed by atoms with Crippen molar-refractivity contribution in [1.82, 2.24) is 10.2 Å². The molecular weight excluding hydrogens is 497 g/mol. The van der Waals surface area contributed by atoms with Crippen LogP contribution in [0.1, 0.15) is 18.9 Å². The van der Waals surface area contributed by atoms with Gasteiger partial charge in [0.05, 0.1) is 27.0 Å². The zero-order valence-corrected chi connectivity index (χ0v) is 20.9. The van der Waals surface area contributed by atoms with Gasteiger partial charge in [-0.2, -0.15) is 0 Å². The fraction of sp³-hybridized carbons (Fsp3) is 0.333. The van der Waals surface area contributed by atoms with Crippen molar-refractivity contribution in [3.05, 3.63) is 63.1 Å². The van der Waals surface area contributed by atoms with Crippen LogP contribution in [-0.2, 0) is 26.2 Å². The molecule has 0 heterocycles. The number of para-hydroxylation sites is 1. The highest BCUT2D eigenvalue weighted by Gasteiger charge is 2.31. The van der Waals surface area contributed by atoms with Gasteiger partial charge in [-0.15, -0.1) is 0 Å². The number of carbonyl (C=O) groups excluding carboxylic acids is 2. The molecule has 32 heavy (non-hydrogen) atoms. The van der Waals surface area contributed by atoms with Gasteiger partial charge in [-0.1, -0.05) is 59.9 Å². The van der Waals surface area contributed by atoms with Crippen LogP contribution < -0.4 is 9.62 Å². The third-order valence-corrected chi connectivity index (χ3v) is 6.95. The Morgan fingerprint density at radius 3 is 2.22 bits per heavy atom. The third kappa shape index (κ3) is 6.51. The van der Waals surface area contributed by atoms with E-state index in [9.17, 15) is 18.0 Å². The van der Waals surface area contributed by atoms with Gasteiger partial charge in [0.25, 0.3) is 0 Å². The number of nitrogens with one attached hydrogen (secondary N) is 1. The first-order valence-corrected chi connectivity index (χ1v) is 12.6. The van der Waals surface area contributed by atoms with Crippen molar-refractivity contribution < 1.29 is 18.0 Å². The van der Waals surface area contributed by atoms with Crippen LogP contribution in [0.4, 0.5) is 5.69 Å². The van der Waals surface area contributed by atoms with Gasteiger partial charge in [0.2, 0.25) is 21.8 Å². The lowest BCUT2D eigenvalue weighted by molar-refractivity contribution is -0.140. The van der Waals surface area contributed by atoms with E-state index in [4.69, 9.17) is 34.8 Å². The minimum Gasteiger partial charge on any atom is -0.357 e. The Labute approximate surface area is 203 Å². The smallest absolute Gasteiger partial charge is 0.244 e. The molecule has 0 unspecified atom stereocenters. The number of carbonyl (C=O) groups is 2. The van der Waals surface area contributed by atoms with E-state index in [0.29, 0.717) is 22.0 Å². The number of anilines is 1. The summed E-state index contributed by atoms with van der Waals surface area (Å²) < 4.78 is 25.9. The lowest BCUT2D eigenvalue weighted by atomic mass is 10.1. The molecule has 0 aromatic heterocycles. The summed E-state index contributed by atoms with van der Waals surface area (Å²) in [7, 11) is -2.38. The van der Waals surface area contributed by atoms with Gasteiger partial charge in [0.1, 0.15) is 12.6 Å². The number of nitrogens with zero attached hydrogens (tertiary/aromatic N) is 2. The molecule has 7 nitrogen and oxygen atoms in total. The first kappa shape index (κ1) is 26.3. The molecule has 0 saturated carbocycles. The second-order valence-corrected chi connectivity index (χ2v) is 10.2. The third-order valence-electron chi connectivity index (χ3n) is 4.77. The summed E-state index contributed by atoms with van der Waals surface area (Å²) >= 11 is 18.3. The van der Waals surface area contributed by atoms with E-state index in [1.165, 1.54) is 24.1 Å². The monoisotopic (exact) mass is 519 g/mol. The van der Waals surface area contributed by atoms with Gasteiger partial charge in [-0.3, -0.25) is 13.9 Å². The van der Waals surface area contributed by atoms with Crippen LogP contribution in [0.15, 0.2) is 42.5 Å². The first-order valence-electron chi connectivity index (χ1n) is 9.66. The highest BCUT2D eigenvalue weighted by atomic mass is 35.5. The fourth-order valence-electron chi connectivity index (χ4n) is 3.17. The van der Waals surface area contributed by atoms with Crippen LogP contribution in [0, 0.1) is 0 Å². The summed E-state index contributed by atoms with van der Waals surface area (Å²) in [5.74, 6) is -0.943. The van der Waals surface area contributed by atoms with Crippen LogP contribution in [0.5, 0.6) is 0 Å². The van der Waals surface area contributed by atoms with E-state index in [1.807, 2.05) is 0 Å². The molecule has 0 saturated heterocycles. The topological polar surface area (TPSA) is 86.8 Å². The molecule has 0 spiro atoms. The van der Waals surface area contributed by atoms with Crippen LogP contribution in [0.25, 0.3) is 0 Å². The summed E-state index contributed by atoms with van der Waals surface area (Å²) in [5, 5.41) is 3.39. The highest BCUT2D eigenvalue weighted by Crippen LogP contribution is 2.28. The zero-order chi connectivity index (χ0) is 24.1. The number of rotatable bonds is 9. The number of amides is 2. The van der Waals surface area contributed by atoms with E-state index in [0.717, 1.165) is 10.6 Å². The molecule has 1 atom stereocenters. The van der Waals surface area contributed by atoms with Crippen molar-refractivity contribution in [3.8, 4) is 0 Å². The molecular formula is C21H24Cl3N3O4S. The molecule has 2 aromatic rings. The van der Waals surface area contributed by atoms with Crippen LogP contribution >= 0.6 is 34.8 Å². The van der Waals surface area contributed by atoms with Gasteiger partial charge in [0.15, 0.2) is 0 Å². The Morgan fingerprint density at radius 1 is 1.03 bits per heavy atom. The summed E-state index contributed by atoms with van der Waals surface area (Å²) in [5.41, 5.74) is 0.811. The standard InChI is InChI=1S/C21H24Cl3N3O4S/c1-4-18(21(29)25-2)26(12-14-9-10-15(22)17(24)11-14)20(28)13-27(32(3,30)31)19-8-6-5-7-16(19)23/h5-11,18H,4,12-13H2,1-3H3,(H,25,29)/t18-/m1/s1. The second-order valence-electron chi connectivity index (χ2n) is 7.03. The van der Waals surface area contributed by atoms with E-state index in [-0.39, 0.29) is 23.2 Å². The normalized spacial score (nSPS) is 12.2. The number of benzene rings is 2. The molecule has 0 fully saturated rings. The molecule has 0 radical (unpaired) electrons. The van der Waals surface area contributed by atoms with Gasteiger partial charge in [-0.05, 0) is 36.2 Å². The Bertz CT molecular complexity index is 1100. The van der Waals surface area contributed by atoms with Crippen LogP contribution in [-0.4, -0.2) is 51.0 Å². The molecule has 0 bridgehead atoms. The number of halogens is 3. The van der Waals surface area contributed by atoms with E-state index in [2.05, 4.69) is 5.32 Å². The fourth-order valence-corrected chi connectivity index (χ4v) is 4.64. The van der Waals surface area contributed by atoms with Crippen molar-refractivity contribution in [2.75, 3.05) is 24.2 Å². The lowest BCUT2D eigenvalue weighted by Crippen LogP contribution is -2.51. The zero-order valence-electron chi connectivity index (χ0n) is 17.8. The molecule has 2 amide bonds. The Morgan fingerprint density at radius 2 is 1.69 bits per heavy atom. The van der Waals surface area contributed by atoms with Gasteiger partial charge in [-0.25, -0.2) is 8.42 Å². The van der Waals surface area contributed by atoms with Crippen molar-refractivity contribution >= 4 is 62.3 Å². The lowest BCUT2D eigenvalue weighted by Gasteiger charge is -2.32. The maximum atomic E-state index is 13.4. The van der Waals surface area contributed by atoms with Crippen molar-refractivity contribution in [1.29, 1.82) is 0 Å². The van der Waals surface area contributed by atoms with Gasteiger partial charge >= 0.3 is 0 Å². The van der Waals surface area contributed by atoms with Crippen molar-refractivity contribution in [2.24, 2.45) is 0 Å². The van der Waals surface area contributed by atoms with E-state index < -0.39 is 28.5 Å². The Kier molecular flexibility index (Phi) is 9.21. The largest absolute Gasteiger partial charge is 0.357 e. The maximum Gasteiger partial charge on any atom is 0.244 e. The summed E-state index contributed by atoms with van der Waals surface area (Å²) in [6, 6.07) is 10.4. The number of sulfonamides is 1. The predicted octanol–water partition coefficient (Wildman–Crippen LogP) is 3.97. The molecule has 2 aromatic carbocycles. The molecule has 0 aliphatic heterocycles. The van der Waals surface area contributed by atoms with Crippen molar-refractivity contribution in [2.45, 2.75) is 25.9 Å². The number of hydrogen-bond acceptors (Lipinski definition) is 4. The average Bonchev–Trinajstić information content (AvgIpc) is 2.73. The van der Waals surface area contributed by atoms with Crippen LogP contribution in [0.3, 0.4) is 0 Å². The SMILES string of the molecule is CC[C@H](C(=O)NC)N(Cc1ccc(Cl)c(Cl)c1)C(=O)CN(c1ccccc1Cl)S(C)(=O)=O. The molecule has 11 heteroatoms. The molecule has 174 valence electrons. The first-order chi connectivity index (χ1) is 15.0. The molecule has 2 rings (SSSR count). The van der Waals surface area contributed by atoms with Crippen LogP contribution in [0.2, 0.25) is 15.1 Å². The minimum atomic E-state index is -3.85. The molecule has 1 N–H and O–H groups in total. The molecule has 0 aliphatic carbocycles. The predicted molar refractivity (Wildman–Crippen MR) is 129 cm³/mol. The van der Waals surface area contributed by atoms with Crippen molar-refractivity contribution in [3.63, 3.8) is 0 Å². The average molecular weight is 521 g/mol. The number of likely N-dealkylation sites (N-methyl/N-ethyl adjacent to an activating group) is 1. The maximum absolute atomic E-state index is 13.4. The van der Waals surface area contributed by atoms with E-state index in [1.54, 1.807) is 37.3 Å². The van der Waals surface area contributed by atoms with Gasteiger partial charge in [0, 0.05) is 13.6 Å². The summed E-state index contributed by atoms with van der Waals surface area (Å²) in [4.78, 5) is 27.2. The number of hydrogen-bond donors (Lipinski definition) is 1. The van der Waals surface area contributed by atoms with E-state index >= 15 is 0 Å². The minimum absolute atomic E-state index is 0.0295. The summed E-state index contributed by atoms with van der Waals surface area (Å²) in [6.45, 7) is 1.26. The highest BCUT2D eigenvalue weighted by molar-refractivity contribution is 7.92. The Hall–Kier alpha value is -2.00.